The molecule has 0 spiro atoms. The van der Waals surface area contributed by atoms with Crippen molar-refractivity contribution in [3.63, 3.8) is 0 Å². The third kappa shape index (κ3) is 2.77. The van der Waals surface area contributed by atoms with Gasteiger partial charge >= 0.3 is 5.97 Å². The molecule has 1 unspecified atom stereocenters. The van der Waals surface area contributed by atoms with Crippen LogP contribution >= 0.6 is 27.3 Å². The highest BCUT2D eigenvalue weighted by molar-refractivity contribution is 9.10. The first-order valence-electron chi connectivity index (χ1n) is 7.03. The number of aromatic nitrogens is 1. The van der Waals surface area contributed by atoms with Crippen molar-refractivity contribution in [1.82, 2.24) is 4.98 Å². The minimum Gasteiger partial charge on any atom is -0.465 e. The Balaban J connectivity index is 1.95. The summed E-state index contributed by atoms with van der Waals surface area (Å²) in [6, 6.07) is 6.19. The van der Waals surface area contributed by atoms with E-state index in [4.69, 9.17) is 9.72 Å². The summed E-state index contributed by atoms with van der Waals surface area (Å²) >= 11 is 5.18. The zero-order chi connectivity index (χ0) is 15.0. The maximum absolute atomic E-state index is 12.0. The second-order valence-corrected chi connectivity index (χ2v) is 7.13. The molecule has 1 atom stereocenters. The van der Waals surface area contributed by atoms with E-state index in [9.17, 15) is 4.79 Å². The fraction of sp³-hybridized carbons (Fsp3) is 0.375. The first-order valence-corrected chi connectivity index (χ1v) is 8.64. The highest BCUT2D eigenvalue weighted by Gasteiger charge is 2.33. The average Bonchev–Trinajstić information content (AvgIpc) is 2.98. The fourth-order valence-electron chi connectivity index (χ4n) is 2.68. The molecule has 1 heterocycles. The zero-order valence-electron chi connectivity index (χ0n) is 12.0. The molecule has 2 aromatic rings. The van der Waals surface area contributed by atoms with Crippen molar-refractivity contribution in [1.29, 1.82) is 0 Å². The summed E-state index contributed by atoms with van der Waals surface area (Å²) in [5.74, 6) is -0.318. The van der Waals surface area contributed by atoms with Gasteiger partial charge in [0.05, 0.1) is 12.3 Å². The molecule has 0 radical (unpaired) electrons. The highest BCUT2D eigenvalue weighted by atomic mass is 79.9. The van der Waals surface area contributed by atoms with Gasteiger partial charge in [-0.05, 0) is 44.4 Å². The van der Waals surface area contributed by atoms with Gasteiger partial charge < -0.3 is 4.74 Å². The maximum atomic E-state index is 12.0. The molecule has 1 aromatic carbocycles. The number of fused-ring (bicyclic) bond motifs is 1. The molecule has 3 nitrogen and oxygen atoms in total. The van der Waals surface area contributed by atoms with Gasteiger partial charge in [-0.2, -0.15) is 0 Å². The number of carbonyl (C=O) groups excluding carboxylic acids is 1. The molecule has 0 saturated heterocycles. The number of rotatable bonds is 3. The van der Waals surface area contributed by atoms with Crippen molar-refractivity contribution in [2.45, 2.75) is 32.6 Å². The molecular formula is C16H16BrNO2S. The van der Waals surface area contributed by atoms with Crippen LogP contribution in [0.4, 0.5) is 0 Å². The first kappa shape index (κ1) is 14.7. The van der Waals surface area contributed by atoms with Crippen molar-refractivity contribution in [2.24, 2.45) is 0 Å². The Morgan fingerprint density at radius 1 is 1.52 bits per heavy atom. The number of hydrogen-bond acceptors (Lipinski definition) is 4. The minimum atomic E-state index is -0.180. The predicted molar refractivity (Wildman–Crippen MR) is 87.7 cm³/mol. The summed E-state index contributed by atoms with van der Waals surface area (Å²) in [6.07, 6.45) is 1.75. The normalized spacial score (nSPS) is 16.8. The molecule has 3 rings (SSSR count). The summed E-state index contributed by atoms with van der Waals surface area (Å²) in [7, 11) is 0. The van der Waals surface area contributed by atoms with Crippen LogP contribution in [0.3, 0.4) is 0 Å². The van der Waals surface area contributed by atoms with Crippen molar-refractivity contribution in [3.8, 4) is 10.6 Å². The topological polar surface area (TPSA) is 39.2 Å². The van der Waals surface area contributed by atoms with Crippen LogP contribution in [0, 0.1) is 6.92 Å². The third-order valence-electron chi connectivity index (χ3n) is 3.71. The lowest BCUT2D eigenvalue weighted by Crippen LogP contribution is -2.14. The highest BCUT2D eigenvalue weighted by Crippen LogP contribution is 2.41. The molecule has 0 bridgehead atoms. The van der Waals surface area contributed by atoms with E-state index in [1.54, 1.807) is 11.3 Å². The van der Waals surface area contributed by atoms with Gasteiger partial charge in [-0.15, -0.1) is 11.3 Å². The second kappa shape index (κ2) is 5.89. The number of esters is 1. The third-order valence-corrected chi connectivity index (χ3v) is 5.37. The van der Waals surface area contributed by atoms with Crippen LogP contribution in [0.1, 0.15) is 35.4 Å². The number of benzene rings is 1. The smallest absolute Gasteiger partial charge is 0.315 e. The van der Waals surface area contributed by atoms with Gasteiger partial charge in [-0.3, -0.25) is 4.79 Å². The Morgan fingerprint density at radius 3 is 3.05 bits per heavy atom. The minimum absolute atomic E-state index is 0.138. The van der Waals surface area contributed by atoms with E-state index in [1.165, 1.54) is 10.4 Å². The quantitative estimate of drug-likeness (QED) is 0.753. The van der Waals surface area contributed by atoms with Gasteiger partial charge in [-0.1, -0.05) is 22.0 Å². The molecule has 21 heavy (non-hydrogen) atoms. The van der Waals surface area contributed by atoms with Crippen molar-refractivity contribution < 1.29 is 9.53 Å². The van der Waals surface area contributed by atoms with Crippen LogP contribution in [-0.2, 0) is 16.0 Å². The predicted octanol–water partition coefficient (Wildman–Crippen LogP) is 4.47. The molecule has 0 N–H and O–H groups in total. The summed E-state index contributed by atoms with van der Waals surface area (Å²) in [4.78, 5) is 18.0. The monoisotopic (exact) mass is 365 g/mol. The number of hydrogen-bond donors (Lipinski definition) is 0. The lowest BCUT2D eigenvalue weighted by molar-refractivity contribution is -0.145. The number of carbonyl (C=O) groups is 1. The fourth-order valence-corrected chi connectivity index (χ4v) is 4.39. The second-order valence-electron chi connectivity index (χ2n) is 5.13. The molecule has 1 aliphatic carbocycles. The molecule has 0 aliphatic heterocycles. The van der Waals surface area contributed by atoms with Crippen LogP contribution in [0.25, 0.3) is 10.6 Å². The van der Waals surface area contributed by atoms with Gasteiger partial charge in [0.15, 0.2) is 0 Å². The van der Waals surface area contributed by atoms with Gasteiger partial charge in [0.25, 0.3) is 0 Å². The van der Waals surface area contributed by atoms with E-state index < -0.39 is 0 Å². The standard InChI is InChI=1S/C16H16BrNO2S/c1-3-20-16(19)12-6-7-13-14(12)18-15(21-13)11-5-4-10(17)8-9(11)2/h4-5,8,12H,3,6-7H2,1-2H3. The molecule has 0 saturated carbocycles. The number of halogens is 1. The number of ether oxygens (including phenoxy) is 1. The van der Waals surface area contributed by atoms with Crippen molar-refractivity contribution >= 4 is 33.2 Å². The van der Waals surface area contributed by atoms with Crippen LogP contribution in [-0.4, -0.2) is 17.6 Å². The van der Waals surface area contributed by atoms with Crippen LogP contribution in [0.5, 0.6) is 0 Å². The Morgan fingerprint density at radius 2 is 2.33 bits per heavy atom. The molecular weight excluding hydrogens is 350 g/mol. The molecule has 5 heteroatoms. The van der Waals surface area contributed by atoms with Gasteiger partial charge in [-0.25, -0.2) is 4.98 Å². The molecule has 110 valence electrons. The van der Waals surface area contributed by atoms with Crippen LogP contribution < -0.4 is 0 Å². The lowest BCUT2D eigenvalue weighted by atomic mass is 10.1. The van der Waals surface area contributed by atoms with E-state index >= 15 is 0 Å². The van der Waals surface area contributed by atoms with Crippen LogP contribution in [0.15, 0.2) is 22.7 Å². The largest absolute Gasteiger partial charge is 0.465 e. The van der Waals surface area contributed by atoms with Crippen molar-refractivity contribution in [3.05, 3.63) is 38.8 Å². The van der Waals surface area contributed by atoms with E-state index in [0.717, 1.165) is 33.6 Å². The van der Waals surface area contributed by atoms with E-state index in [0.29, 0.717) is 6.61 Å². The first-order chi connectivity index (χ1) is 10.1. The number of aryl methyl sites for hydroxylation is 2. The SMILES string of the molecule is CCOC(=O)C1CCc2sc(-c3ccc(Br)cc3C)nc21. The zero-order valence-corrected chi connectivity index (χ0v) is 14.4. The Bertz CT molecular complexity index is 696. The van der Waals surface area contributed by atoms with E-state index in [2.05, 4.69) is 35.0 Å². The Kier molecular flexibility index (Phi) is 4.13. The van der Waals surface area contributed by atoms with Gasteiger partial charge in [0, 0.05) is 14.9 Å². The molecule has 0 amide bonds. The van der Waals surface area contributed by atoms with Crippen molar-refractivity contribution in [2.75, 3.05) is 6.61 Å². The Labute approximate surface area is 136 Å². The molecule has 1 aromatic heterocycles. The van der Waals surface area contributed by atoms with Crippen LogP contribution in [0.2, 0.25) is 0 Å². The summed E-state index contributed by atoms with van der Waals surface area (Å²) in [6.45, 7) is 4.34. The summed E-state index contributed by atoms with van der Waals surface area (Å²) in [5, 5.41) is 0.999. The Hall–Kier alpha value is -1.20. The lowest BCUT2D eigenvalue weighted by Gasteiger charge is -2.08. The number of thiazole rings is 1. The van der Waals surface area contributed by atoms with Gasteiger partial charge in [0.1, 0.15) is 10.9 Å². The molecule has 1 aliphatic rings. The summed E-state index contributed by atoms with van der Waals surface area (Å²) < 4.78 is 6.22. The molecule has 0 fully saturated rings. The average molecular weight is 366 g/mol. The maximum Gasteiger partial charge on any atom is 0.315 e. The number of nitrogens with zero attached hydrogens (tertiary/aromatic N) is 1. The van der Waals surface area contributed by atoms with Gasteiger partial charge in [0.2, 0.25) is 0 Å². The van der Waals surface area contributed by atoms with E-state index in [1.807, 2.05) is 13.0 Å². The summed E-state index contributed by atoms with van der Waals surface area (Å²) in [5.41, 5.74) is 3.25. The van der Waals surface area contributed by atoms with E-state index in [-0.39, 0.29) is 11.9 Å².